The van der Waals surface area contributed by atoms with Crippen molar-refractivity contribution in [3.05, 3.63) is 45.3 Å². The number of nitrogens with one attached hydrogen (secondary N) is 1. The van der Waals surface area contributed by atoms with Crippen LogP contribution >= 0.6 is 11.3 Å². The molecule has 0 unspecified atom stereocenters. The van der Waals surface area contributed by atoms with Crippen LogP contribution in [0.25, 0.3) is 0 Å². The highest BCUT2D eigenvalue weighted by atomic mass is 32.1. The summed E-state index contributed by atoms with van der Waals surface area (Å²) in [6, 6.07) is 5.97. The number of hydrogen-bond donors (Lipinski definition) is 1. The Morgan fingerprint density at radius 1 is 1.27 bits per heavy atom. The second-order valence-electron chi connectivity index (χ2n) is 5.23. The Morgan fingerprint density at radius 3 is 2.50 bits per heavy atom. The largest absolute Gasteiger partial charge is 0.357 e. The van der Waals surface area contributed by atoms with Crippen LogP contribution in [-0.4, -0.2) is 24.0 Å². The maximum Gasteiger partial charge on any atom is 0.261 e. The van der Waals surface area contributed by atoms with E-state index in [-0.39, 0.29) is 5.91 Å². The Balaban J connectivity index is 1.95. The number of amides is 1. The molecule has 0 radical (unpaired) electrons. The van der Waals surface area contributed by atoms with Crippen molar-refractivity contribution in [1.29, 1.82) is 0 Å². The monoisotopic (exact) mass is 317 g/mol. The molecule has 0 bridgehead atoms. The number of aryl methyl sites for hydroxylation is 2. The molecule has 2 aromatic heterocycles. The number of rotatable bonds is 6. The van der Waals surface area contributed by atoms with Crippen molar-refractivity contribution in [2.45, 2.75) is 34.2 Å². The third-order valence-electron chi connectivity index (χ3n) is 3.74. The van der Waals surface area contributed by atoms with Gasteiger partial charge in [0.1, 0.15) is 5.82 Å². The van der Waals surface area contributed by atoms with E-state index in [1.54, 1.807) is 0 Å². The first kappa shape index (κ1) is 16.5. The summed E-state index contributed by atoms with van der Waals surface area (Å²) in [6.45, 7) is 10.7. The highest BCUT2D eigenvalue weighted by molar-refractivity contribution is 7.14. The Hall–Kier alpha value is -1.88. The maximum absolute atomic E-state index is 12.1. The fourth-order valence-corrected chi connectivity index (χ4v) is 3.16. The van der Waals surface area contributed by atoms with Gasteiger partial charge in [-0.1, -0.05) is 6.07 Å². The molecule has 2 heterocycles. The third kappa shape index (κ3) is 3.85. The van der Waals surface area contributed by atoms with Crippen LogP contribution in [-0.2, 0) is 6.54 Å². The lowest BCUT2D eigenvalue weighted by Crippen LogP contribution is -2.24. The SMILES string of the molecule is CCN(CC)c1ccc(CNC(=O)c2cc(C)c(C)s2)cn1. The number of pyridine rings is 1. The number of carbonyl (C=O) groups excluding carboxylic acids is 1. The summed E-state index contributed by atoms with van der Waals surface area (Å²) in [7, 11) is 0. The van der Waals surface area contributed by atoms with Gasteiger partial charge >= 0.3 is 0 Å². The predicted octanol–water partition coefficient (Wildman–Crippen LogP) is 3.54. The lowest BCUT2D eigenvalue weighted by atomic mass is 10.2. The van der Waals surface area contributed by atoms with Gasteiger partial charge in [0.2, 0.25) is 0 Å². The second-order valence-corrected chi connectivity index (χ2v) is 6.49. The van der Waals surface area contributed by atoms with E-state index in [1.165, 1.54) is 21.8 Å². The molecule has 0 aliphatic heterocycles. The fraction of sp³-hybridized carbons (Fsp3) is 0.412. The van der Waals surface area contributed by atoms with Crippen molar-refractivity contribution in [3.8, 4) is 0 Å². The van der Waals surface area contributed by atoms with Crippen molar-refractivity contribution < 1.29 is 4.79 Å². The summed E-state index contributed by atoms with van der Waals surface area (Å²) < 4.78 is 0. The van der Waals surface area contributed by atoms with Crippen molar-refractivity contribution in [1.82, 2.24) is 10.3 Å². The van der Waals surface area contributed by atoms with Gasteiger partial charge in [-0.3, -0.25) is 4.79 Å². The van der Waals surface area contributed by atoms with Gasteiger partial charge in [0.25, 0.3) is 5.91 Å². The summed E-state index contributed by atoms with van der Waals surface area (Å²) >= 11 is 1.54. The molecule has 4 nitrogen and oxygen atoms in total. The van der Waals surface area contributed by atoms with Gasteiger partial charge in [-0.25, -0.2) is 4.98 Å². The molecular weight excluding hydrogens is 294 g/mol. The molecule has 1 amide bonds. The molecule has 118 valence electrons. The molecule has 0 atom stereocenters. The zero-order valence-electron chi connectivity index (χ0n) is 13.6. The van der Waals surface area contributed by atoms with Gasteiger partial charge in [0.05, 0.1) is 4.88 Å². The fourth-order valence-electron chi connectivity index (χ4n) is 2.21. The number of aromatic nitrogens is 1. The molecule has 0 aliphatic rings. The number of hydrogen-bond acceptors (Lipinski definition) is 4. The summed E-state index contributed by atoms with van der Waals surface area (Å²) in [4.78, 5) is 20.7. The van der Waals surface area contributed by atoms with E-state index in [4.69, 9.17) is 0 Å². The number of thiophene rings is 1. The van der Waals surface area contributed by atoms with E-state index in [1.807, 2.05) is 38.2 Å². The van der Waals surface area contributed by atoms with Crippen molar-refractivity contribution >= 4 is 23.1 Å². The zero-order valence-corrected chi connectivity index (χ0v) is 14.5. The van der Waals surface area contributed by atoms with E-state index < -0.39 is 0 Å². The first-order valence-corrected chi connectivity index (χ1v) is 8.41. The lowest BCUT2D eigenvalue weighted by Gasteiger charge is -2.19. The normalized spacial score (nSPS) is 10.5. The smallest absolute Gasteiger partial charge is 0.261 e. The minimum atomic E-state index is -0.0194. The molecule has 2 aromatic rings. The van der Waals surface area contributed by atoms with Crippen LogP contribution in [0.1, 0.15) is 39.5 Å². The van der Waals surface area contributed by atoms with Gasteiger partial charge in [-0.2, -0.15) is 0 Å². The second kappa shape index (κ2) is 7.40. The molecule has 0 aliphatic carbocycles. The molecule has 0 spiro atoms. The average molecular weight is 317 g/mol. The Kier molecular flexibility index (Phi) is 5.55. The highest BCUT2D eigenvalue weighted by Crippen LogP contribution is 2.20. The van der Waals surface area contributed by atoms with E-state index >= 15 is 0 Å². The number of anilines is 1. The first-order chi connectivity index (χ1) is 10.5. The molecule has 5 heteroatoms. The van der Waals surface area contributed by atoms with Crippen molar-refractivity contribution in [3.63, 3.8) is 0 Å². The topological polar surface area (TPSA) is 45.2 Å². The molecule has 2 rings (SSSR count). The van der Waals surface area contributed by atoms with E-state index in [0.29, 0.717) is 6.54 Å². The molecule has 22 heavy (non-hydrogen) atoms. The summed E-state index contributed by atoms with van der Waals surface area (Å²) in [5.41, 5.74) is 2.18. The molecule has 0 aromatic carbocycles. The van der Waals surface area contributed by atoms with Gasteiger partial charge in [0, 0.05) is 30.7 Å². The predicted molar refractivity (Wildman–Crippen MR) is 92.8 cm³/mol. The minimum absolute atomic E-state index is 0.0194. The van der Waals surface area contributed by atoms with Crippen LogP contribution in [0, 0.1) is 13.8 Å². The van der Waals surface area contributed by atoms with Crippen LogP contribution in [0.4, 0.5) is 5.82 Å². The van der Waals surface area contributed by atoms with Crippen LogP contribution in [0.2, 0.25) is 0 Å². The highest BCUT2D eigenvalue weighted by Gasteiger charge is 2.10. The molecule has 0 saturated heterocycles. The summed E-state index contributed by atoms with van der Waals surface area (Å²) in [5, 5.41) is 2.95. The molecule has 0 saturated carbocycles. The lowest BCUT2D eigenvalue weighted by molar-refractivity contribution is 0.0955. The Labute approximate surface area is 136 Å². The third-order valence-corrected chi connectivity index (χ3v) is 4.89. The number of nitrogens with zero attached hydrogens (tertiary/aromatic N) is 2. The minimum Gasteiger partial charge on any atom is -0.357 e. The Morgan fingerprint density at radius 2 is 2.00 bits per heavy atom. The van der Waals surface area contributed by atoms with E-state index in [0.717, 1.165) is 29.3 Å². The first-order valence-electron chi connectivity index (χ1n) is 7.60. The van der Waals surface area contributed by atoms with Crippen LogP contribution in [0.15, 0.2) is 24.4 Å². The van der Waals surface area contributed by atoms with E-state index in [2.05, 4.69) is 29.0 Å². The van der Waals surface area contributed by atoms with Crippen molar-refractivity contribution in [2.75, 3.05) is 18.0 Å². The van der Waals surface area contributed by atoms with Crippen molar-refractivity contribution in [2.24, 2.45) is 0 Å². The van der Waals surface area contributed by atoms with Gasteiger partial charge in [0.15, 0.2) is 0 Å². The summed E-state index contributed by atoms with van der Waals surface area (Å²) in [5.74, 6) is 0.957. The van der Waals surface area contributed by atoms with Crippen LogP contribution in [0.3, 0.4) is 0 Å². The molecular formula is C17H23N3OS. The standard InChI is InChI=1S/C17H23N3OS/c1-5-20(6-2)16-8-7-14(10-18-16)11-19-17(21)15-9-12(3)13(4)22-15/h7-10H,5-6,11H2,1-4H3,(H,19,21). The maximum atomic E-state index is 12.1. The van der Waals surface area contributed by atoms with Gasteiger partial charge in [-0.05, 0) is 51.0 Å². The Bertz CT molecular complexity index is 610. The van der Waals surface area contributed by atoms with E-state index in [9.17, 15) is 4.79 Å². The quantitative estimate of drug-likeness (QED) is 0.886. The summed E-state index contributed by atoms with van der Waals surface area (Å²) in [6.07, 6.45) is 1.83. The zero-order chi connectivity index (χ0) is 16.1. The average Bonchev–Trinajstić information content (AvgIpc) is 2.87. The van der Waals surface area contributed by atoms with Gasteiger partial charge < -0.3 is 10.2 Å². The molecule has 0 fully saturated rings. The van der Waals surface area contributed by atoms with Gasteiger partial charge in [-0.15, -0.1) is 11.3 Å². The van der Waals surface area contributed by atoms with Crippen LogP contribution < -0.4 is 10.2 Å². The van der Waals surface area contributed by atoms with Crippen LogP contribution in [0.5, 0.6) is 0 Å². The number of carbonyl (C=O) groups is 1. The molecule has 1 N–H and O–H groups in total.